The van der Waals surface area contributed by atoms with Crippen LogP contribution < -0.4 is 5.32 Å². The van der Waals surface area contributed by atoms with E-state index in [1.807, 2.05) is 6.20 Å². The normalized spacial score (nSPS) is 11.8. The van der Waals surface area contributed by atoms with Gasteiger partial charge in [0, 0.05) is 31.0 Å². The number of rotatable bonds is 5. The summed E-state index contributed by atoms with van der Waals surface area (Å²) in [5, 5.41) is 7.06. The Morgan fingerprint density at radius 1 is 1.30 bits per heavy atom. The van der Waals surface area contributed by atoms with Crippen LogP contribution in [0, 0.1) is 0 Å². The van der Waals surface area contributed by atoms with Crippen LogP contribution in [0.3, 0.4) is 0 Å². The maximum Gasteiger partial charge on any atom is 0.341 e. The molecule has 0 saturated heterocycles. The minimum atomic E-state index is -4.53. The SMILES string of the molecule is Cn1cc(CNc2ccc(S(=O)(=O)C(F)F)cc2)cn1. The zero-order valence-electron chi connectivity index (χ0n) is 10.6. The summed E-state index contributed by atoms with van der Waals surface area (Å²) < 4.78 is 48.9. The van der Waals surface area contributed by atoms with Gasteiger partial charge in [-0.05, 0) is 24.3 Å². The molecule has 2 aromatic rings. The first kappa shape index (κ1) is 14.4. The van der Waals surface area contributed by atoms with Crippen LogP contribution in [-0.4, -0.2) is 24.0 Å². The highest BCUT2D eigenvalue weighted by Crippen LogP contribution is 2.20. The summed E-state index contributed by atoms with van der Waals surface area (Å²) in [4.78, 5) is -0.389. The molecule has 0 aliphatic heterocycles. The van der Waals surface area contributed by atoms with Gasteiger partial charge in [0.1, 0.15) is 0 Å². The van der Waals surface area contributed by atoms with E-state index in [0.29, 0.717) is 12.2 Å². The van der Waals surface area contributed by atoms with Crippen molar-refractivity contribution < 1.29 is 17.2 Å². The topological polar surface area (TPSA) is 64.0 Å². The maximum absolute atomic E-state index is 12.4. The second kappa shape index (κ2) is 5.58. The van der Waals surface area contributed by atoms with Gasteiger partial charge < -0.3 is 5.32 Å². The molecule has 0 bridgehead atoms. The first-order valence-corrected chi connectivity index (χ1v) is 7.28. The largest absolute Gasteiger partial charge is 0.381 e. The minimum absolute atomic E-state index is 0.389. The van der Waals surface area contributed by atoms with Gasteiger partial charge in [-0.3, -0.25) is 4.68 Å². The lowest BCUT2D eigenvalue weighted by molar-refractivity contribution is 0.234. The quantitative estimate of drug-likeness (QED) is 0.918. The van der Waals surface area contributed by atoms with E-state index < -0.39 is 15.6 Å². The van der Waals surface area contributed by atoms with Gasteiger partial charge in [0.15, 0.2) is 0 Å². The van der Waals surface area contributed by atoms with E-state index in [1.165, 1.54) is 12.1 Å². The highest BCUT2D eigenvalue weighted by molar-refractivity contribution is 7.91. The third-order valence-electron chi connectivity index (χ3n) is 2.67. The molecule has 2 rings (SSSR count). The van der Waals surface area contributed by atoms with Gasteiger partial charge in [0.2, 0.25) is 9.84 Å². The number of benzene rings is 1. The van der Waals surface area contributed by atoms with Crippen molar-refractivity contribution in [1.82, 2.24) is 9.78 Å². The average molecular weight is 301 g/mol. The molecular formula is C12H13F2N3O2S. The van der Waals surface area contributed by atoms with Crippen molar-refractivity contribution in [2.45, 2.75) is 17.2 Å². The van der Waals surface area contributed by atoms with Crippen molar-refractivity contribution in [3.05, 3.63) is 42.2 Å². The molecule has 0 fully saturated rings. The van der Waals surface area contributed by atoms with Crippen LogP contribution in [0.25, 0.3) is 0 Å². The van der Waals surface area contributed by atoms with Gasteiger partial charge in [0.25, 0.3) is 0 Å². The number of nitrogens with zero attached hydrogens (tertiary/aromatic N) is 2. The number of aromatic nitrogens is 2. The molecule has 1 heterocycles. The van der Waals surface area contributed by atoms with E-state index in [4.69, 9.17) is 0 Å². The summed E-state index contributed by atoms with van der Waals surface area (Å²) in [7, 11) is -2.73. The number of nitrogens with one attached hydrogen (secondary N) is 1. The lowest BCUT2D eigenvalue weighted by Gasteiger charge is -2.07. The highest BCUT2D eigenvalue weighted by atomic mass is 32.2. The minimum Gasteiger partial charge on any atom is -0.381 e. The lowest BCUT2D eigenvalue weighted by Crippen LogP contribution is -2.11. The molecule has 0 unspecified atom stereocenters. The number of hydrogen-bond donors (Lipinski definition) is 1. The molecular weight excluding hydrogens is 288 g/mol. The van der Waals surface area contributed by atoms with Crippen molar-refractivity contribution in [3.63, 3.8) is 0 Å². The Kier molecular flexibility index (Phi) is 4.03. The van der Waals surface area contributed by atoms with Gasteiger partial charge >= 0.3 is 5.76 Å². The van der Waals surface area contributed by atoms with Gasteiger partial charge in [0.05, 0.1) is 11.1 Å². The summed E-state index contributed by atoms with van der Waals surface area (Å²) >= 11 is 0. The summed E-state index contributed by atoms with van der Waals surface area (Å²) in [5.41, 5.74) is 1.60. The molecule has 0 atom stereocenters. The summed E-state index contributed by atoms with van der Waals surface area (Å²) in [6.07, 6.45) is 3.53. The van der Waals surface area contributed by atoms with Crippen molar-refractivity contribution in [2.24, 2.45) is 7.05 Å². The predicted molar refractivity (Wildman–Crippen MR) is 70.2 cm³/mol. The molecule has 1 N–H and O–H groups in total. The van der Waals surface area contributed by atoms with Crippen LogP contribution in [0.15, 0.2) is 41.6 Å². The van der Waals surface area contributed by atoms with E-state index in [2.05, 4.69) is 10.4 Å². The monoisotopic (exact) mass is 301 g/mol. The van der Waals surface area contributed by atoms with Crippen LogP contribution in [0.4, 0.5) is 14.5 Å². The summed E-state index contributed by atoms with van der Waals surface area (Å²) in [5.74, 6) is -3.41. The smallest absolute Gasteiger partial charge is 0.341 e. The standard InChI is InChI=1S/C12H13F2N3O2S/c1-17-8-9(7-16-17)6-15-10-2-4-11(5-3-10)20(18,19)12(13)14/h2-5,7-8,12,15H,6H2,1H3. The number of hydrogen-bond acceptors (Lipinski definition) is 4. The highest BCUT2D eigenvalue weighted by Gasteiger charge is 2.26. The van der Waals surface area contributed by atoms with Crippen molar-refractivity contribution in [3.8, 4) is 0 Å². The third kappa shape index (κ3) is 3.13. The predicted octanol–water partition coefficient (Wildman–Crippen LogP) is 2.03. The van der Waals surface area contributed by atoms with Gasteiger partial charge in [-0.2, -0.15) is 13.9 Å². The molecule has 20 heavy (non-hydrogen) atoms. The molecule has 8 heteroatoms. The van der Waals surface area contributed by atoms with E-state index in [1.54, 1.807) is 17.9 Å². The van der Waals surface area contributed by atoms with Crippen LogP contribution in [-0.2, 0) is 23.4 Å². The van der Waals surface area contributed by atoms with E-state index in [9.17, 15) is 17.2 Å². The van der Waals surface area contributed by atoms with E-state index >= 15 is 0 Å². The maximum atomic E-state index is 12.4. The molecule has 0 radical (unpaired) electrons. The first-order valence-electron chi connectivity index (χ1n) is 5.73. The van der Waals surface area contributed by atoms with Crippen molar-refractivity contribution in [1.29, 1.82) is 0 Å². The zero-order valence-corrected chi connectivity index (χ0v) is 11.4. The second-order valence-electron chi connectivity index (χ2n) is 4.21. The van der Waals surface area contributed by atoms with E-state index in [0.717, 1.165) is 17.7 Å². The van der Waals surface area contributed by atoms with Crippen molar-refractivity contribution >= 4 is 15.5 Å². The number of alkyl halides is 2. The number of anilines is 1. The Hall–Kier alpha value is -1.96. The summed E-state index contributed by atoms with van der Waals surface area (Å²) in [6, 6.07) is 5.22. The van der Waals surface area contributed by atoms with Gasteiger partial charge in [-0.15, -0.1) is 0 Å². The Labute approximate surface area is 115 Å². The second-order valence-corrected chi connectivity index (χ2v) is 6.12. The Morgan fingerprint density at radius 2 is 1.95 bits per heavy atom. The fourth-order valence-corrected chi connectivity index (χ4v) is 2.35. The molecule has 5 nitrogen and oxygen atoms in total. The number of sulfone groups is 1. The number of halogens is 2. The molecule has 0 aliphatic rings. The van der Waals surface area contributed by atoms with Gasteiger partial charge in [-0.1, -0.05) is 0 Å². The fraction of sp³-hybridized carbons (Fsp3) is 0.250. The summed E-state index contributed by atoms with van der Waals surface area (Å²) in [6.45, 7) is 0.509. The molecule has 0 amide bonds. The molecule has 1 aromatic carbocycles. The first-order chi connectivity index (χ1) is 9.39. The molecule has 108 valence electrons. The van der Waals surface area contributed by atoms with Crippen LogP contribution in [0.1, 0.15) is 5.56 Å². The van der Waals surface area contributed by atoms with E-state index in [-0.39, 0.29) is 4.90 Å². The molecule has 0 aliphatic carbocycles. The zero-order chi connectivity index (χ0) is 14.8. The molecule has 1 aromatic heterocycles. The number of aryl methyl sites for hydroxylation is 1. The van der Waals surface area contributed by atoms with Crippen LogP contribution >= 0.6 is 0 Å². The Bertz CT molecular complexity index is 681. The fourth-order valence-electron chi connectivity index (χ4n) is 1.63. The Balaban J connectivity index is 2.05. The lowest BCUT2D eigenvalue weighted by atomic mass is 10.3. The van der Waals surface area contributed by atoms with Crippen LogP contribution in [0.2, 0.25) is 0 Å². The van der Waals surface area contributed by atoms with Crippen LogP contribution in [0.5, 0.6) is 0 Å². The Morgan fingerprint density at radius 3 is 2.45 bits per heavy atom. The average Bonchev–Trinajstić information content (AvgIpc) is 2.82. The van der Waals surface area contributed by atoms with Crippen molar-refractivity contribution in [2.75, 3.05) is 5.32 Å². The molecule has 0 spiro atoms. The third-order valence-corrected chi connectivity index (χ3v) is 4.07. The molecule has 0 saturated carbocycles. The van der Waals surface area contributed by atoms with Gasteiger partial charge in [-0.25, -0.2) is 8.42 Å².